The smallest absolute Gasteiger partial charge is 0.254 e. The standard InChI is InChI=1S/C11H15N3OS/c1-12-11(15)9-3-2-4-13-10(9)14-5-7-16-8-6-14/h2-4H,5-8H2,1H3,(H,12,15). The van der Waals surface area contributed by atoms with Crippen LogP contribution in [0.4, 0.5) is 5.82 Å². The van der Waals surface area contributed by atoms with Gasteiger partial charge in [-0.15, -0.1) is 0 Å². The van der Waals surface area contributed by atoms with Crippen molar-refractivity contribution in [2.24, 2.45) is 0 Å². The van der Waals surface area contributed by atoms with Gasteiger partial charge in [-0.05, 0) is 12.1 Å². The van der Waals surface area contributed by atoms with Crippen molar-refractivity contribution in [3.8, 4) is 0 Å². The summed E-state index contributed by atoms with van der Waals surface area (Å²) in [5, 5.41) is 2.65. The summed E-state index contributed by atoms with van der Waals surface area (Å²) in [7, 11) is 1.64. The Balaban J connectivity index is 2.28. The summed E-state index contributed by atoms with van der Waals surface area (Å²) < 4.78 is 0. The molecule has 1 aliphatic rings. The molecule has 2 rings (SSSR count). The molecule has 5 heteroatoms. The molecular weight excluding hydrogens is 222 g/mol. The first kappa shape index (κ1) is 11.3. The zero-order valence-corrected chi connectivity index (χ0v) is 10.1. The third kappa shape index (κ3) is 2.29. The lowest BCUT2D eigenvalue weighted by molar-refractivity contribution is 0.0963. The van der Waals surface area contributed by atoms with E-state index in [-0.39, 0.29) is 5.91 Å². The van der Waals surface area contributed by atoms with Crippen molar-refractivity contribution in [1.82, 2.24) is 10.3 Å². The second kappa shape index (κ2) is 5.21. The summed E-state index contributed by atoms with van der Waals surface area (Å²) in [5.74, 6) is 2.94. The fourth-order valence-corrected chi connectivity index (χ4v) is 2.64. The van der Waals surface area contributed by atoms with E-state index in [0.717, 1.165) is 30.4 Å². The molecule has 0 radical (unpaired) electrons. The zero-order chi connectivity index (χ0) is 11.4. The summed E-state index contributed by atoms with van der Waals surface area (Å²) in [6.45, 7) is 1.93. The molecule has 1 aromatic heterocycles. The highest BCUT2D eigenvalue weighted by atomic mass is 32.2. The van der Waals surface area contributed by atoms with E-state index < -0.39 is 0 Å². The van der Waals surface area contributed by atoms with Gasteiger partial charge >= 0.3 is 0 Å². The van der Waals surface area contributed by atoms with E-state index in [1.165, 1.54) is 0 Å². The lowest BCUT2D eigenvalue weighted by Crippen LogP contribution is -2.35. The number of hydrogen-bond acceptors (Lipinski definition) is 4. The van der Waals surface area contributed by atoms with E-state index in [2.05, 4.69) is 15.2 Å². The van der Waals surface area contributed by atoms with Crippen LogP contribution in [0.5, 0.6) is 0 Å². The average Bonchev–Trinajstić information content (AvgIpc) is 2.39. The molecule has 1 N–H and O–H groups in total. The Labute approximate surface area is 99.4 Å². The van der Waals surface area contributed by atoms with Crippen LogP contribution >= 0.6 is 11.8 Å². The number of carbonyl (C=O) groups is 1. The minimum Gasteiger partial charge on any atom is -0.355 e. The largest absolute Gasteiger partial charge is 0.355 e. The Bertz CT molecular complexity index is 377. The fourth-order valence-electron chi connectivity index (χ4n) is 1.74. The first-order valence-electron chi connectivity index (χ1n) is 5.32. The molecule has 0 spiro atoms. The molecule has 4 nitrogen and oxygen atoms in total. The van der Waals surface area contributed by atoms with Gasteiger partial charge in [-0.2, -0.15) is 11.8 Å². The van der Waals surface area contributed by atoms with Gasteiger partial charge in [-0.3, -0.25) is 4.79 Å². The number of aromatic nitrogens is 1. The molecular formula is C11H15N3OS. The van der Waals surface area contributed by atoms with Crippen LogP contribution in [0.25, 0.3) is 0 Å². The van der Waals surface area contributed by atoms with Gasteiger partial charge < -0.3 is 10.2 Å². The van der Waals surface area contributed by atoms with Gasteiger partial charge in [0.15, 0.2) is 0 Å². The number of anilines is 1. The lowest BCUT2D eigenvalue weighted by atomic mass is 10.2. The highest BCUT2D eigenvalue weighted by Gasteiger charge is 2.18. The van der Waals surface area contributed by atoms with Gasteiger partial charge in [0.1, 0.15) is 5.82 Å². The summed E-state index contributed by atoms with van der Waals surface area (Å²) in [6, 6.07) is 3.62. The first-order chi connectivity index (χ1) is 7.83. The Hall–Kier alpha value is -1.23. The van der Waals surface area contributed by atoms with Gasteiger partial charge in [0, 0.05) is 37.8 Å². The van der Waals surface area contributed by atoms with Crippen LogP contribution < -0.4 is 10.2 Å². The van der Waals surface area contributed by atoms with E-state index in [4.69, 9.17) is 0 Å². The summed E-state index contributed by atoms with van der Waals surface area (Å²) in [6.07, 6.45) is 1.74. The number of hydrogen-bond donors (Lipinski definition) is 1. The molecule has 16 heavy (non-hydrogen) atoms. The quantitative estimate of drug-likeness (QED) is 0.833. The number of carbonyl (C=O) groups excluding carboxylic acids is 1. The summed E-state index contributed by atoms with van der Waals surface area (Å²) >= 11 is 1.94. The number of amides is 1. The number of nitrogens with one attached hydrogen (secondary N) is 1. The van der Waals surface area contributed by atoms with Crippen LogP contribution in [0.15, 0.2) is 18.3 Å². The van der Waals surface area contributed by atoms with Crippen molar-refractivity contribution in [1.29, 1.82) is 0 Å². The molecule has 1 aromatic rings. The SMILES string of the molecule is CNC(=O)c1cccnc1N1CCSCC1. The maximum Gasteiger partial charge on any atom is 0.254 e. The Morgan fingerprint density at radius 2 is 2.25 bits per heavy atom. The molecule has 0 atom stereocenters. The summed E-state index contributed by atoms with van der Waals surface area (Å²) in [5.41, 5.74) is 0.664. The van der Waals surface area contributed by atoms with Crippen LogP contribution in [0.1, 0.15) is 10.4 Å². The third-order valence-corrected chi connectivity index (χ3v) is 3.51. The van der Waals surface area contributed by atoms with Gasteiger partial charge in [-0.1, -0.05) is 0 Å². The summed E-state index contributed by atoms with van der Waals surface area (Å²) in [4.78, 5) is 18.2. The second-order valence-corrected chi connectivity index (χ2v) is 4.78. The normalized spacial score (nSPS) is 15.9. The number of rotatable bonds is 2. The van der Waals surface area contributed by atoms with Gasteiger partial charge in [0.25, 0.3) is 5.91 Å². The predicted octanol–water partition coefficient (Wildman–Crippen LogP) is 0.994. The van der Waals surface area contributed by atoms with Crippen molar-refractivity contribution >= 4 is 23.5 Å². The van der Waals surface area contributed by atoms with E-state index in [1.807, 2.05) is 17.8 Å². The van der Waals surface area contributed by atoms with Crippen LogP contribution in [0.3, 0.4) is 0 Å². The van der Waals surface area contributed by atoms with Crippen LogP contribution in [-0.2, 0) is 0 Å². The van der Waals surface area contributed by atoms with Crippen LogP contribution in [-0.4, -0.2) is 42.5 Å². The van der Waals surface area contributed by atoms with E-state index in [0.29, 0.717) is 5.56 Å². The average molecular weight is 237 g/mol. The van der Waals surface area contributed by atoms with E-state index in [1.54, 1.807) is 19.3 Å². The number of nitrogens with zero attached hydrogens (tertiary/aromatic N) is 2. The molecule has 0 bridgehead atoms. The third-order valence-electron chi connectivity index (χ3n) is 2.57. The molecule has 1 saturated heterocycles. The Morgan fingerprint density at radius 3 is 2.94 bits per heavy atom. The molecule has 1 amide bonds. The van der Waals surface area contributed by atoms with Crippen molar-refractivity contribution in [3.05, 3.63) is 23.9 Å². The van der Waals surface area contributed by atoms with Crippen molar-refractivity contribution in [3.63, 3.8) is 0 Å². The van der Waals surface area contributed by atoms with Crippen LogP contribution in [0, 0.1) is 0 Å². The fraction of sp³-hybridized carbons (Fsp3) is 0.455. The Kier molecular flexibility index (Phi) is 3.66. The van der Waals surface area contributed by atoms with E-state index >= 15 is 0 Å². The van der Waals surface area contributed by atoms with Crippen molar-refractivity contribution < 1.29 is 4.79 Å². The molecule has 2 heterocycles. The lowest BCUT2D eigenvalue weighted by Gasteiger charge is -2.28. The maximum atomic E-state index is 11.7. The number of thioether (sulfide) groups is 1. The molecule has 0 aliphatic carbocycles. The molecule has 86 valence electrons. The van der Waals surface area contributed by atoms with Crippen LogP contribution in [0.2, 0.25) is 0 Å². The molecule has 0 unspecified atom stereocenters. The van der Waals surface area contributed by atoms with Gasteiger partial charge in [0.2, 0.25) is 0 Å². The van der Waals surface area contributed by atoms with Crippen molar-refractivity contribution in [2.75, 3.05) is 36.5 Å². The topological polar surface area (TPSA) is 45.2 Å². The second-order valence-electron chi connectivity index (χ2n) is 3.55. The highest BCUT2D eigenvalue weighted by Crippen LogP contribution is 2.20. The zero-order valence-electron chi connectivity index (χ0n) is 9.27. The monoisotopic (exact) mass is 237 g/mol. The molecule has 1 fully saturated rings. The molecule has 0 saturated carbocycles. The molecule has 0 aromatic carbocycles. The Morgan fingerprint density at radius 1 is 1.50 bits per heavy atom. The number of pyridine rings is 1. The van der Waals surface area contributed by atoms with E-state index in [9.17, 15) is 4.79 Å². The minimum absolute atomic E-state index is 0.0682. The molecule has 1 aliphatic heterocycles. The maximum absolute atomic E-state index is 11.7. The van der Waals surface area contributed by atoms with Crippen molar-refractivity contribution in [2.45, 2.75) is 0 Å². The first-order valence-corrected chi connectivity index (χ1v) is 6.48. The van der Waals surface area contributed by atoms with Gasteiger partial charge in [0.05, 0.1) is 5.56 Å². The minimum atomic E-state index is -0.0682. The van der Waals surface area contributed by atoms with Gasteiger partial charge in [-0.25, -0.2) is 4.98 Å². The highest BCUT2D eigenvalue weighted by molar-refractivity contribution is 7.99. The predicted molar refractivity (Wildman–Crippen MR) is 67.2 cm³/mol.